The maximum Gasteiger partial charge on any atom is 0.435 e. The first-order valence-corrected chi connectivity index (χ1v) is 14.5. The fourth-order valence-corrected chi connectivity index (χ4v) is 8.88. The van der Waals surface area contributed by atoms with Gasteiger partial charge in [-0.3, -0.25) is 9.59 Å². The molecule has 2 amide bonds. The van der Waals surface area contributed by atoms with Crippen molar-refractivity contribution in [2.75, 3.05) is 6.54 Å². The van der Waals surface area contributed by atoms with Crippen LogP contribution in [0.4, 0.5) is 35.1 Å². The Labute approximate surface area is 235 Å². The van der Waals surface area contributed by atoms with Crippen LogP contribution in [0.25, 0.3) is 0 Å². The zero-order valence-corrected chi connectivity index (χ0v) is 22.5. The lowest BCUT2D eigenvalue weighted by atomic mass is 9.76. The molecule has 3 aliphatic rings. The molecule has 1 aliphatic carbocycles. The van der Waals surface area contributed by atoms with E-state index < -0.39 is 62.0 Å². The molecule has 2 saturated heterocycles. The van der Waals surface area contributed by atoms with Gasteiger partial charge in [0.25, 0.3) is 0 Å². The van der Waals surface area contributed by atoms with Crippen LogP contribution in [0.3, 0.4) is 0 Å². The summed E-state index contributed by atoms with van der Waals surface area (Å²) in [5.74, 6) is -1.69. The first kappa shape index (κ1) is 30.2. The zero-order valence-electron chi connectivity index (χ0n) is 21.7. The molecule has 2 heterocycles. The molecule has 5 rings (SSSR count). The molecule has 6 nitrogen and oxygen atoms in total. The molecular formula is C27H24F8N2O4S. The van der Waals surface area contributed by atoms with Gasteiger partial charge in [-0.25, -0.2) is 17.2 Å². The van der Waals surface area contributed by atoms with Crippen LogP contribution in [0.2, 0.25) is 0 Å². The van der Waals surface area contributed by atoms with Crippen LogP contribution in [0, 0.1) is 5.82 Å². The Morgan fingerprint density at radius 1 is 0.929 bits per heavy atom. The van der Waals surface area contributed by atoms with Gasteiger partial charge in [0.1, 0.15) is 16.6 Å². The Balaban J connectivity index is 1.67. The number of benzene rings is 2. The van der Waals surface area contributed by atoms with Crippen LogP contribution in [0.15, 0.2) is 47.4 Å². The van der Waals surface area contributed by atoms with Crippen molar-refractivity contribution in [3.05, 3.63) is 65.0 Å². The predicted octanol–water partition coefficient (Wildman–Crippen LogP) is 5.00. The lowest BCUT2D eigenvalue weighted by Gasteiger charge is -2.43. The number of aryl methyl sites for hydroxylation is 1. The second kappa shape index (κ2) is 9.91. The summed E-state index contributed by atoms with van der Waals surface area (Å²) in [7, 11) is -4.59. The molecule has 0 aromatic heterocycles. The van der Waals surface area contributed by atoms with Gasteiger partial charge in [0.15, 0.2) is 9.84 Å². The summed E-state index contributed by atoms with van der Waals surface area (Å²) in [6.07, 6.45) is -12.6. The van der Waals surface area contributed by atoms with E-state index in [0.717, 1.165) is 30.3 Å². The minimum atomic E-state index is -6.37. The standard InChI is InChI=1S/C27H24F8N2O4S/c28-17-6-8-18(9-7-17)42(40,41)24-12-13-37(23(39)20-2-1-3-22(38)36-20)21(24)11-4-15-14-16(5-10-19(15)24)25(29,26(30,31)32)27(33,34)35/h5-10,14,20-21H,1-4,11-13H2,(H,36,38)/t20-,21-,24-/m0/s1. The first-order chi connectivity index (χ1) is 19.4. The number of nitrogens with zero attached hydrogens (tertiary/aromatic N) is 1. The second-order valence-corrected chi connectivity index (χ2v) is 12.9. The number of rotatable bonds is 4. The highest BCUT2D eigenvalue weighted by molar-refractivity contribution is 7.92. The van der Waals surface area contributed by atoms with E-state index >= 15 is 0 Å². The Kier molecular flexibility index (Phi) is 7.14. The summed E-state index contributed by atoms with van der Waals surface area (Å²) in [5, 5.41) is 2.57. The van der Waals surface area contributed by atoms with E-state index in [9.17, 15) is 53.1 Å². The minimum absolute atomic E-state index is 0.157. The fraction of sp³-hybridized carbons (Fsp3) is 0.481. The number of hydrogen-bond acceptors (Lipinski definition) is 4. The molecule has 0 bridgehead atoms. The molecule has 2 fully saturated rings. The Morgan fingerprint density at radius 3 is 2.17 bits per heavy atom. The maximum atomic E-state index is 14.9. The lowest BCUT2D eigenvalue weighted by molar-refractivity contribution is -0.348. The number of nitrogens with one attached hydrogen (secondary N) is 1. The van der Waals surface area contributed by atoms with E-state index in [0.29, 0.717) is 18.9 Å². The van der Waals surface area contributed by atoms with E-state index in [2.05, 4.69) is 5.32 Å². The molecule has 42 heavy (non-hydrogen) atoms. The zero-order chi connectivity index (χ0) is 30.9. The van der Waals surface area contributed by atoms with Crippen molar-refractivity contribution in [2.24, 2.45) is 0 Å². The van der Waals surface area contributed by atoms with Crippen LogP contribution >= 0.6 is 0 Å². The van der Waals surface area contributed by atoms with E-state index in [1.807, 2.05) is 0 Å². The summed E-state index contributed by atoms with van der Waals surface area (Å²) in [4.78, 5) is 26.4. The number of hydrogen-bond donors (Lipinski definition) is 1. The van der Waals surface area contributed by atoms with Gasteiger partial charge in [-0.05, 0) is 67.5 Å². The highest BCUT2D eigenvalue weighted by Crippen LogP contribution is 2.56. The molecule has 2 aromatic rings. The molecule has 1 N–H and O–H groups in total. The summed E-state index contributed by atoms with van der Waals surface area (Å²) < 4.78 is 136. The third-order valence-corrected chi connectivity index (χ3v) is 11.0. The van der Waals surface area contributed by atoms with Gasteiger partial charge in [0, 0.05) is 18.5 Å². The molecular weight excluding hydrogens is 600 g/mol. The smallest absolute Gasteiger partial charge is 0.344 e. The number of alkyl halides is 7. The number of sulfone groups is 1. The van der Waals surface area contributed by atoms with Gasteiger partial charge in [-0.1, -0.05) is 18.2 Å². The Morgan fingerprint density at radius 2 is 1.57 bits per heavy atom. The van der Waals surface area contributed by atoms with Gasteiger partial charge in [0.2, 0.25) is 11.8 Å². The van der Waals surface area contributed by atoms with Crippen molar-refractivity contribution < 1.29 is 53.1 Å². The van der Waals surface area contributed by atoms with Gasteiger partial charge < -0.3 is 10.2 Å². The molecule has 0 unspecified atom stereocenters. The second-order valence-electron chi connectivity index (χ2n) is 10.7. The summed E-state index contributed by atoms with van der Waals surface area (Å²) in [5.41, 5.74) is -7.87. The molecule has 0 saturated carbocycles. The van der Waals surface area contributed by atoms with Crippen molar-refractivity contribution in [1.29, 1.82) is 0 Å². The number of halogens is 8. The highest BCUT2D eigenvalue weighted by Gasteiger charge is 2.74. The van der Waals surface area contributed by atoms with Crippen molar-refractivity contribution in [3.8, 4) is 0 Å². The number of carbonyl (C=O) groups excluding carboxylic acids is 2. The highest BCUT2D eigenvalue weighted by atomic mass is 32.2. The molecule has 2 aliphatic heterocycles. The maximum absolute atomic E-state index is 14.9. The predicted molar refractivity (Wildman–Crippen MR) is 131 cm³/mol. The van der Waals surface area contributed by atoms with Gasteiger partial charge >= 0.3 is 18.0 Å². The normalized spacial score (nSPS) is 25.0. The number of carbonyl (C=O) groups is 2. The van der Waals surface area contributed by atoms with Crippen molar-refractivity contribution in [1.82, 2.24) is 10.2 Å². The molecule has 228 valence electrons. The third-order valence-electron chi connectivity index (χ3n) is 8.48. The third kappa shape index (κ3) is 4.37. The van der Waals surface area contributed by atoms with E-state index in [4.69, 9.17) is 0 Å². The SMILES string of the molecule is O=C1CCC[C@@H](C(=O)N2CC[C@]3(S(=O)(=O)c4ccc(F)cc4)c4ccc(C(F)(C(F)(F)F)C(F)(F)F)cc4CC[C@H]23)N1. The fourth-order valence-electron chi connectivity index (χ4n) is 6.51. The average Bonchev–Trinajstić information content (AvgIpc) is 3.32. The van der Waals surface area contributed by atoms with Crippen LogP contribution in [-0.4, -0.2) is 56.1 Å². The largest absolute Gasteiger partial charge is 0.435 e. The van der Waals surface area contributed by atoms with Gasteiger partial charge in [-0.2, -0.15) is 26.3 Å². The Bertz CT molecular complexity index is 1510. The summed E-state index contributed by atoms with van der Waals surface area (Å²) in [6, 6.07) is 3.06. The van der Waals surface area contributed by atoms with Crippen molar-refractivity contribution in [2.45, 2.75) is 78.3 Å². The van der Waals surface area contributed by atoms with Crippen molar-refractivity contribution >= 4 is 21.7 Å². The van der Waals surface area contributed by atoms with Crippen LogP contribution in [0.5, 0.6) is 0 Å². The van der Waals surface area contributed by atoms with E-state index in [-0.39, 0.29) is 60.2 Å². The van der Waals surface area contributed by atoms with E-state index in [1.54, 1.807) is 0 Å². The average molecular weight is 625 g/mol. The molecule has 0 spiro atoms. The number of piperidine rings is 1. The van der Waals surface area contributed by atoms with E-state index in [1.165, 1.54) is 4.90 Å². The monoisotopic (exact) mass is 624 g/mol. The summed E-state index contributed by atoms with van der Waals surface area (Å²) in [6.45, 7) is -0.157. The molecule has 3 atom stereocenters. The molecule has 15 heteroatoms. The minimum Gasteiger partial charge on any atom is -0.344 e. The number of fused-ring (bicyclic) bond motifs is 3. The van der Waals surface area contributed by atoms with Crippen molar-refractivity contribution in [3.63, 3.8) is 0 Å². The van der Waals surface area contributed by atoms with Gasteiger partial charge in [0.05, 0.1) is 10.9 Å². The van der Waals surface area contributed by atoms with Gasteiger partial charge in [-0.15, -0.1) is 0 Å². The number of likely N-dealkylation sites (tertiary alicyclic amines) is 1. The van der Waals surface area contributed by atoms with Crippen LogP contribution in [0.1, 0.15) is 48.8 Å². The first-order valence-electron chi connectivity index (χ1n) is 13.0. The molecule has 2 aromatic carbocycles. The molecule has 0 radical (unpaired) electrons. The topological polar surface area (TPSA) is 83.6 Å². The summed E-state index contributed by atoms with van der Waals surface area (Å²) >= 11 is 0. The van der Waals surface area contributed by atoms with Crippen LogP contribution in [-0.2, 0) is 36.3 Å². The van der Waals surface area contributed by atoms with Crippen LogP contribution < -0.4 is 5.32 Å². The quantitative estimate of drug-likeness (QED) is 0.384. The number of amides is 2. The Hall–Kier alpha value is -3.23. The lowest BCUT2D eigenvalue weighted by Crippen LogP contribution is -2.57.